The summed E-state index contributed by atoms with van der Waals surface area (Å²) in [5.74, 6) is 0.463. The van der Waals surface area contributed by atoms with Crippen LogP contribution in [0.15, 0.2) is 48.5 Å². The van der Waals surface area contributed by atoms with Crippen LogP contribution < -0.4 is 9.64 Å². The molecular weight excluding hydrogens is 367 g/mol. The first-order valence-corrected chi connectivity index (χ1v) is 10.5. The first-order valence-electron chi connectivity index (χ1n) is 10.5. The number of anilines is 1. The summed E-state index contributed by atoms with van der Waals surface area (Å²) in [5, 5.41) is 0. The third-order valence-electron chi connectivity index (χ3n) is 6.22. The lowest BCUT2D eigenvalue weighted by Gasteiger charge is -2.42. The maximum atomic E-state index is 13.5. The second-order valence-electron chi connectivity index (χ2n) is 8.57. The van der Waals surface area contributed by atoms with E-state index in [0.29, 0.717) is 17.9 Å². The fraction of sp³-hybridized carbons (Fsp3) is 0.458. The van der Waals surface area contributed by atoms with Crippen molar-refractivity contribution >= 4 is 11.6 Å². The summed E-state index contributed by atoms with van der Waals surface area (Å²) in [6.07, 6.45) is 2.87. The second kappa shape index (κ2) is 7.69. The van der Waals surface area contributed by atoms with Crippen LogP contribution >= 0.6 is 0 Å². The number of hydrogen-bond donors (Lipinski definition) is 0. The molecule has 2 aliphatic heterocycles. The second-order valence-corrected chi connectivity index (χ2v) is 8.57. The van der Waals surface area contributed by atoms with Crippen LogP contribution in [0, 0.1) is 5.82 Å². The van der Waals surface area contributed by atoms with E-state index in [1.165, 1.54) is 12.1 Å². The fourth-order valence-electron chi connectivity index (χ4n) is 5.12. The van der Waals surface area contributed by atoms with Gasteiger partial charge in [-0.1, -0.05) is 12.1 Å². The van der Waals surface area contributed by atoms with E-state index in [2.05, 4.69) is 18.7 Å². The van der Waals surface area contributed by atoms with Crippen LogP contribution in [-0.2, 0) is 0 Å². The molecule has 2 fully saturated rings. The number of benzene rings is 2. The number of likely N-dealkylation sites (tertiary alicyclic amines) is 1. The smallest absolute Gasteiger partial charge is 0.257 e. The molecule has 0 unspecified atom stereocenters. The minimum absolute atomic E-state index is 0.0421. The molecule has 2 heterocycles. The summed E-state index contributed by atoms with van der Waals surface area (Å²) >= 11 is 0. The van der Waals surface area contributed by atoms with Crippen molar-refractivity contribution in [1.82, 2.24) is 4.90 Å². The summed E-state index contributed by atoms with van der Waals surface area (Å²) in [7, 11) is 0. The van der Waals surface area contributed by atoms with Crippen LogP contribution in [0.2, 0.25) is 0 Å². The Morgan fingerprint density at radius 1 is 1.14 bits per heavy atom. The number of para-hydroxylation sites is 1. The van der Waals surface area contributed by atoms with E-state index in [1.54, 1.807) is 0 Å². The van der Waals surface area contributed by atoms with Crippen molar-refractivity contribution in [2.45, 2.75) is 57.7 Å². The first-order chi connectivity index (χ1) is 13.9. The van der Waals surface area contributed by atoms with Gasteiger partial charge in [-0.2, -0.15) is 0 Å². The minimum atomic E-state index is -0.227. The number of fused-ring (bicyclic) bond motifs is 1. The highest BCUT2D eigenvalue weighted by Gasteiger charge is 2.50. The summed E-state index contributed by atoms with van der Waals surface area (Å²) in [6, 6.07) is 14.6. The van der Waals surface area contributed by atoms with E-state index in [0.717, 1.165) is 31.5 Å². The molecule has 2 aromatic carbocycles. The van der Waals surface area contributed by atoms with Gasteiger partial charge in [0.25, 0.3) is 5.91 Å². The van der Waals surface area contributed by atoms with Crippen LogP contribution in [0.5, 0.6) is 5.75 Å². The Labute approximate surface area is 172 Å². The molecular formula is C24H29FN2O2. The van der Waals surface area contributed by atoms with Gasteiger partial charge in [0.05, 0.1) is 24.3 Å². The normalized spacial score (nSPS) is 23.0. The van der Waals surface area contributed by atoms with Crippen LogP contribution in [0.25, 0.3) is 0 Å². The molecule has 2 atom stereocenters. The molecule has 0 spiro atoms. The van der Waals surface area contributed by atoms with Gasteiger partial charge < -0.3 is 14.5 Å². The van der Waals surface area contributed by atoms with Crippen LogP contribution in [0.1, 0.15) is 50.4 Å². The predicted octanol–water partition coefficient (Wildman–Crippen LogP) is 4.89. The van der Waals surface area contributed by atoms with E-state index in [1.807, 2.05) is 48.2 Å². The zero-order valence-corrected chi connectivity index (χ0v) is 17.4. The van der Waals surface area contributed by atoms with Gasteiger partial charge in [-0.25, -0.2) is 4.39 Å². The summed E-state index contributed by atoms with van der Waals surface area (Å²) in [6.45, 7) is 7.64. The zero-order valence-electron chi connectivity index (χ0n) is 17.4. The van der Waals surface area contributed by atoms with Crippen LogP contribution in [0.3, 0.4) is 0 Å². The first kappa shape index (κ1) is 19.7. The number of carbonyl (C=O) groups excluding carboxylic acids is 1. The standard InChI is InChI=1S/C24H29FN2O2/c1-4-29-22-10-6-5-8-19(22)23(28)26-15-7-9-20-21(26)16-24(2,3)27(20)18-13-11-17(25)12-14-18/h5-6,8,10-14,20-21H,4,7,9,15-16H2,1-3H3/t20-,21-/m0/s1. The van der Waals surface area contributed by atoms with E-state index in [4.69, 9.17) is 4.74 Å². The van der Waals surface area contributed by atoms with Crippen molar-refractivity contribution in [3.63, 3.8) is 0 Å². The van der Waals surface area contributed by atoms with Gasteiger partial charge in [-0.05, 0) is 76.4 Å². The lowest BCUT2D eigenvalue weighted by Crippen LogP contribution is -2.53. The van der Waals surface area contributed by atoms with Gasteiger partial charge in [0.2, 0.25) is 0 Å². The lowest BCUT2D eigenvalue weighted by atomic mass is 9.93. The number of nitrogens with zero attached hydrogens (tertiary/aromatic N) is 2. The van der Waals surface area contributed by atoms with E-state index in [-0.39, 0.29) is 29.3 Å². The lowest BCUT2D eigenvalue weighted by molar-refractivity contribution is 0.0601. The van der Waals surface area contributed by atoms with Crippen molar-refractivity contribution in [2.24, 2.45) is 0 Å². The number of piperidine rings is 1. The third kappa shape index (κ3) is 3.59. The Kier molecular flexibility index (Phi) is 5.24. The molecule has 1 amide bonds. The molecule has 4 rings (SSSR count). The minimum Gasteiger partial charge on any atom is -0.493 e. The van der Waals surface area contributed by atoms with Gasteiger partial charge in [-0.3, -0.25) is 4.79 Å². The fourth-order valence-corrected chi connectivity index (χ4v) is 5.12. The monoisotopic (exact) mass is 396 g/mol. The predicted molar refractivity (Wildman–Crippen MR) is 113 cm³/mol. The highest BCUT2D eigenvalue weighted by molar-refractivity contribution is 5.97. The number of hydrogen-bond acceptors (Lipinski definition) is 3. The Morgan fingerprint density at radius 3 is 2.59 bits per heavy atom. The Balaban J connectivity index is 1.65. The highest BCUT2D eigenvalue weighted by atomic mass is 19.1. The topological polar surface area (TPSA) is 32.8 Å². The molecule has 0 radical (unpaired) electrons. The van der Waals surface area contributed by atoms with Crippen molar-refractivity contribution in [2.75, 3.05) is 18.1 Å². The molecule has 0 aliphatic carbocycles. The summed E-state index contributed by atoms with van der Waals surface area (Å²) in [5.41, 5.74) is 1.54. The number of amides is 1. The molecule has 154 valence electrons. The maximum absolute atomic E-state index is 13.5. The molecule has 29 heavy (non-hydrogen) atoms. The number of rotatable bonds is 4. The average Bonchev–Trinajstić information content (AvgIpc) is 2.98. The average molecular weight is 397 g/mol. The highest BCUT2D eigenvalue weighted by Crippen LogP contribution is 2.44. The van der Waals surface area contributed by atoms with Gasteiger partial charge in [0.1, 0.15) is 11.6 Å². The number of halogens is 1. The molecule has 0 N–H and O–H groups in total. The third-order valence-corrected chi connectivity index (χ3v) is 6.22. The zero-order chi connectivity index (χ0) is 20.6. The van der Waals surface area contributed by atoms with Gasteiger partial charge in [-0.15, -0.1) is 0 Å². The Hall–Kier alpha value is -2.56. The van der Waals surface area contributed by atoms with Crippen LogP contribution in [-0.4, -0.2) is 41.6 Å². The largest absolute Gasteiger partial charge is 0.493 e. The number of carbonyl (C=O) groups is 1. The molecule has 2 aromatic rings. The number of ether oxygens (including phenoxy) is 1. The van der Waals surface area contributed by atoms with E-state index >= 15 is 0 Å². The molecule has 0 aromatic heterocycles. The Morgan fingerprint density at radius 2 is 1.86 bits per heavy atom. The molecule has 0 saturated carbocycles. The molecule has 2 aliphatic rings. The summed E-state index contributed by atoms with van der Waals surface area (Å²) in [4.78, 5) is 17.9. The SMILES string of the molecule is CCOc1ccccc1C(=O)N1CCC[C@H]2[C@@H]1CC(C)(C)N2c1ccc(F)cc1. The van der Waals surface area contributed by atoms with Crippen molar-refractivity contribution in [3.8, 4) is 5.75 Å². The van der Waals surface area contributed by atoms with Gasteiger partial charge >= 0.3 is 0 Å². The molecule has 4 nitrogen and oxygen atoms in total. The molecule has 5 heteroatoms. The molecule has 2 saturated heterocycles. The van der Waals surface area contributed by atoms with Crippen LogP contribution in [0.4, 0.5) is 10.1 Å². The summed E-state index contributed by atoms with van der Waals surface area (Å²) < 4.78 is 19.2. The quantitative estimate of drug-likeness (QED) is 0.738. The maximum Gasteiger partial charge on any atom is 0.257 e. The van der Waals surface area contributed by atoms with Crippen molar-refractivity contribution < 1.29 is 13.9 Å². The molecule has 0 bridgehead atoms. The van der Waals surface area contributed by atoms with Gasteiger partial charge in [0, 0.05) is 17.8 Å². The van der Waals surface area contributed by atoms with Gasteiger partial charge in [0.15, 0.2) is 0 Å². The van der Waals surface area contributed by atoms with E-state index in [9.17, 15) is 9.18 Å². The van der Waals surface area contributed by atoms with Crippen molar-refractivity contribution in [3.05, 3.63) is 59.9 Å². The van der Waals surface area contributed by atoms with Crippen molar-refractivity contribution in [1.29, 1.82) is 0 Å². The Bertz CT molecular complexity index is 881. The van der Waals surface area contributed by atoms with E-state index < -0.39 is 0 Å².